The Balaban J connectivity index is 1.52. The van der Waals surface area contributed by atoms with Gasteiger partial charge >= 0.3 is 6.01 Å². The van der Waals surface area contributed by atoms with Gasteiger partial charge in [-0.15, -0.1) is 5.10 Å². The van der Waals surface area contributed by atoms with E-state index in [4.69, 9.17) is 13.9 Å². The molecule has 0 aliphatic carbocycles. The van der Waals surface area contributed by atoms with E-state index in [1.165, 1.54) is 0 Å². The van der Waals surface area contributed by atoms with Gasteiger partial charge < -0.3 is 13.9 Å². The van der Waals surface area contributed by atoms with Gasteiger partial charge in [0.25, 0.3) is 11.8 Å². The molecule has 1 aliphatic rings. The first kappa shape index (κ1) is 15.2. The SMILES string of the molecule is Cc1cc(-c2nnc(NC(=O)c3ccc4c(c3)OCCO4)o2)n(C)n1. The van der Waals surface area contributed by atoms with Crippen molar-refractivity contribution in [3.05, 3.63) is 35.5 Å². The zero-order chi connectivity index (χ0) is 17.4. The third-order valence-electron chi connectivity index (χ3n) is 3.67. The number of amides is 1. The zero-order valence-corrected chi connectivity index (χ0v) is 13.6. The van der Waals surface area contributed by atoms with Crippen LogP contribution in [0.5, 0.6) is 11.5 Å². The van der Waals surface area contributed by atoms with Crippen molar-refractivity contribution >= 4 is 11.9 Å². The fraction of sp³-hybridized carbons (Fsp3) is 0.250. The number of hydrogen-bond acceptors (Lipinski definition) is 7. The Morgan fingerprint density at radius 1 is 1.16 bits per heavy atom. The van der Waals surface area contributed by atoms with Gasteiger partial charge in [0.15, 0.2) is 11.5 Å². The summed E-state index contributed by atoms with van der Waals surface area (Å²) in [5.41, 5.74) is 1.91. The smallest absolute Gasteiger partial charge is 0.322 e. The van der Waals surface area contributed by atoms with E-state index in [2.05, 4.69) is 20.6 Å². The van der Waals surface area contributed by atoms with E-state index in [1.807, 2.05) is 13.0 Å². The lowest BCUT2D eigenvalue weighted by Crippen LogP contribution is -2.17. The van der Waals surface area contributed by atoms with Crippen molar-refractivity contribution in [2.24, 2.45) is 7.05 Å². The fourth-order valence-corrected chi connectivity index (χ4v) is 2.54. The summed E-state index contributed by atoms with van der Waals surface area (Å²) in [7, 11) is 1.78. The van der Waals surface area contributed by atoms with Gasteiger partial charge in [0.2, 0.25) is 0 Å². The Kier molecular flexibility index (Phi) is 3.60. The molecule has 3 aromatic rings. The predicted molar refractivity (Wildman–Crippen MR) is 86.6 cm³/mol. The first-order valence-electron chi connectivity index (χ1n) is 7.65. The maximum atomic E-state index is 12.4. The Hall–Kier alpha value is -3.36. The molecule has 1 aromatic carbocycles. The quantitative estimate of drug-likeness (QED) is 0.774. The van der Waals surface area contributed by atoms with E-state index in [0.29, 0.717) is 36.0 Å². The number of nitrogens with one attached hydrogen (secondary N) is 1. The molecule has 4 rings (SSSR count). The molecule has 0 fully saturated rings. The molecule has 0 radical (unpaired) electrons. The molecule has 1 aliphatic heterocycles. The molecule has 1 amide bonds. The van der Waals surface area contributed by atoms with Crippen molar-refractivity contribution in [3.8, 4) is 23.1 Å². The van der Waals surface area contributed by atoms with Crippen LogP contribution in [0.3, 0.4) is 0 Å². The number of nitrogens with zero attached hydrogens (tertiary/aromatic N) is 4. The molecule has 3 heterocycles. The third-order valence-corrected chi connectivity index (χ3v) is 3.67. The second-order valence-corrected chi connectivity index (χ2v) is 5.52. The second kappa shape index (κ2) is 5.93. The minimum absolute atomic E-state index is 0.00809. The maximum Gasteiger partial charge on any atom is 0.322 e. The highest BCUT2D eigenvalue weighted by Crippen LogP contribution is 2.31. The number of benzene rings is 1. The molecular weight excluding hydrogens is 326 g/mol. The molecule has 0 bridgehead atoms. The van der Waals surface area contributed by atoms with Gasteiger partial charge in [-0.05, 0) is 31.2 Å². The van der Waals surface area contributed by atoms with Gasteiger partial charge in [0.05, 0.1) is 5.69 Å². The summed E-state index contributed by atoms with van der Waals surface area (Å²) in [5, 5.41) is 14.6. The standard InChI is InChI=1S/C16H15N5O4/c1-9-7-11(21(2)20-9)15-18-19-16(25-15)17-14(22)10-3-4-12-13(8-10)24-6-5-23-12/h3-4,7-8H,5-6H2,1-2H3,(H,17,19,22). The molecule has 9 heteroatoms. The van der Waals surface area contributed by atoms with Gasteiger partial charge in [0, 0.05) is 12.6 Å². The largest absolute Gasteiger partial charge is 0.486 e. The number of carbonyl (C=O) groups is 1. The molecule has 0 spiro atoms. The fourth-order valence-electron chi connectivity index (χ4n) is 2.54. The van der Waals surface area contributed by atoms with E-state index in [9.17, 15) is 4.79 Å². The summed E-state index contributed by atoms with van der Waals surface area (Å²) in [4.78, 5) is 12.4. The van der Waals surface area contributed by atoms with Crippen LogP contribution in [-0.4, -0.2) is 39.1 Å². The van der Waals surface area contributed by atoms with Crippen molar-refractivity contribution < 1.29 is 18.7 Å². The lowest BCUT2D eigenvalue weighted by molar-refractivity contribution is 0.102. The average molecular weight is 341 g/mol. The zero-order valence-electron chi connectivity index (χ0n) is 13.6. The van der Waals surface area contributed by atoms with Crippen molar-refractivity contribution in [2.45, 2.75) is 6.92 Å². The van der Waals surface area contributed by atoms with Crippen LogP contribution in [-0.2, 0) is 7.05 Å². The van der Waals surface area contributed by atoms with Crippen molar-refractivity contribution in [2.75, 3.05) is 18.5 Å². The second-order valence-electron chi connectivity index (χ2n) is 5.52. The van der Waals surface area contributed by atoms with Gasteiger partial charge in [-0.2, -0.15) is 5.10 Å². The summed E-state index contributed by atoms with van der Waals surface area (Å²) < 4.78 is 18.0. The Morgan fingerprint density at radius 2 is 1.96 bits per heavy atom. The summed E-state index contributed by atoms with van der Waals surface area (Å²) >= 11 is 0. The molecule has 0 atom stereocenters. The molecule has 9 nitrogen and oxygen atoms in total. The molecule has 0 unspecified atom stereocenters. The Bertz CT molecular complexity index is 946. The number of ether oxygens (including phenoxy) is 2. The van der Waals surface area contributed by atoms with Crippen molar-refractivity contribution in [3.63, 3.8) is 0 Å². The Labute approximate surface area is 142 Å². The summed E-state index contributed by atoms with van der Waals surface area (Å²) in [6.45, 7) is 2.82. The molecule has 25 heavy (non-hydrogen) atoms. The van der Waals surface area contributed by atoms with Crippen LogP contribution in [0.4, 0.5) is 6.01 Å². The summed E-state index contributed by atoms with van der Waals surface area (Å²) in [6, 6.07) is 6.78. The number of anilines is 1. The van der Waals surface area contributed by atoms with Crippen LogP contribution in [0.1, 0.15) is 16.1 Å². The summed E-state index contributed by atoms with van der Waals surface area (Å²) in [6.07, 6.45) is 0. The Morgan fingerprint density at radius 3 is 2.72 bits per heavy atom. The van der Waals surface area contributed by atoms with E-state index in [-0.39, 0.29) is 17.8 Å². The van der Waals surface area contributed by atoms with E-state index in [0.717, 1.165) is 5.69 Å². The van der Waals surface area contributed by atoms with Crippen LogP contribution in [0.2, 0.25) is 0 Å². The van der Waals surface area contributed by atoms with E-state index in [1.54, 1.807) is 29.9 Å². The number of hydrogen-bond donors (Lipinski definition) is 1. The van der Waals surface area contributed by atoms with E-state index < -0.39 is 0 Å². The highest BCUT2D eigenvalue weighted by Gasteiger charge is 2.18. The number of rotatable bonds is 3. The van der Waals surface area contributed by atoms with Crippen LogP contribution in [0.25, 0.3) is 11.6 Å². The topological polar surface area (TPSA) is 104 Å². The van der Waals surface area contributed by atoms with E-state index >= 15 is 0 Å². The van der Waals surface area contributed by atoms with Crippen molar-refractivity contribution in [1.82, 2.24) is 20.0 Å². The third kappa shape index (κ3) is 2.91. The number of fused-ring (bicyclic) bond motifs is 1. The van der Waals surface area contributed by atoms with Crippen molar-refractivity contribution in [1.29, 1.82) is 0 Å². The highest BCUT2D eigenvalue weighted by atomic mass is 16.6. The van der Waals surface area contributed by atoms with Crippen LogP contribution in [0.15, 0.2) is 28.7 Å². The molecular formula is C16H15N5O4. The minimum Gasteiger partial charge on any atom is -0.486 e. The number of carbonyl (C=O) groups excluding carboxylic acids is 1. The van der Waals surface area contributed by atoms with Crippen LogP contribution >= 0.6 is 0 Å². The highest BCUT2D eigenvalue weighted by molar-refractivity contribution is 6.03. The van der Waals surface area contributed by atoms with Crippen LogP contribution < -0.4 is 14.8 Å². The lowest BCUT2D eigenvalue weighted by Gasteiger charge is -2.18. The number of aromatic nitrogens is 4. The van der Waals surface area contributed by atoms with Gasteiger partial charge in [-0.3, -0.25) is 14.8 Å². The maximum absolute atomic E-state index is 12.4. The molecule has 0 saturated carbocycles. The number of aryl methyl sites for hydroxylation is 2. The lowest BCUT2D eigenvalue weighted by atomic mass is 10.2. The van der Waals surface area contributed by atoms with Crippen LogP contribution in [0, 0.1) is 6.92 Å². The summed E-state index contributed by atoms with van der Waals surface area (Å²) in [5.74, 6) is 1.05. The minimum atomic E-state index is -0.381. The normalized spacial score (nSPS) is 12.9. The average Bonchev–Trinajstić information content (AvgIpc) is 3.20. The first-order chi connectivity index (χ1) is 12.1. The molecule has 0 saturated heterocycles. The monoisotopic (exact) mass is 341 g/mol. The molecule has 2 aromatic heterocycles. The predicted octanol–water partition coefficient (Wildman–Crippen LogP) is 1.80. The first-order valence-corrected chi connectivity index (χ1v) is 7.65. The van der Waals surface area contributed by atoms with Gasteiger partial charge in [-0.1, -0.05) is 5.10 Å². The molecule has 128 valence electrons. The van der Waals surface area contributed by atoms with Gasteiger partial charge in [-0.25, -0.2) is 0 Å². The molecule has 1 N–H and O–H groups in total. The van der Waals surface area contributed by atoms with Gasteiger partial charge in [0.1, 0.15) is 18.9 Å².